The first-order valence-corrected chi connectivity index (χ1v) is 6.61. The fraction of sp³-hybridized carbons (Fsp3) is 0.467. The number of benzene rings is 1. The maximum atomic E-state index is 13.6. The zero-order valence-corrected chi connectivity index (χ0v) is 10.5. The lowest BCUT2D eigenvalue weighted by Gasteiger charge is -2.26. The highest BCUT2D eigenvalue weighted by molar-refractivity contribution is 5.84. The second-order valence-electron chi connectivity index (χ2n) is 5.52. The molecule has 1 nitrogen and oxygen atoms in total. The van der Waals surface area contributed by atoms with Crippen molar-refractivity contribution < 1.29 is 8.78 Å². The Morgan fingerprint density at radius 3 is 2.83 bits per heavy atom. The van der Waals surface area contributed by atoms with E-state index in [0.29, 0.717) is 22.7 Å². The van der Waals surface area contributed by atoms with E-state index in [-0.39, 0.29) is 0 Å². The fourth-order valence-corrected chi connectivity index (χ4v) is 3.23. The van der Waals surface area contributed by atoms with Crippen molar-refractivity contribution in [2.75, 3.05) is 0 Å². The molecule has 1 heterocycles. The zero-order valence-electron chi connectivity index (χ0n) is 10.5. The molecule has 1 aliphatic carbocycles. The number of rotatable bonds is 1. The van der Waals surface area contributed by atoms with Gasteiger partial charge in [0.1, 0.15) is 11.6 Å². The minimum absolute atomic E-state index is 0.434. The highest BCUT2D eigenvalue weighted by Crippen LogP contribution is 2.39. The van der Waals surface area contributed by atoms with Gasteiger partial charge in [-0.25, -0.2) is 8.78 Å². The van der Waals surface area contributed by atoms with Crippen LogP contribution in [0.3, 0.4) is 0 Å². The summed E-state index contributed by atoms with van der Waals surface area (Å²) in [5.74, 6) is 0.139. The molecule has 0 radical (unpaired) electrons. The molecule has 18 heavy (non-hydrogen) atoms. The predicted molar refractivity (Wildman–Crippen MR) is 68.6 cm³/mol. The van der Waals surface area contributed by atoms with Gasteiger partial charge in [0.05, 0.1) is 5.52 Å². The first-order chi connectivity index (χ1) is 8.65. The van der Waals surface area contributed by atoms with Crippen molar-refractivity contribution in [3.63, 3.8) is 0 Å². The number of fused-ring (bicyclic) bond motifs is 1. The molecular formula is C15H17F2N. The largest absolute Gasteiger partial charge is 0.359 e. The van der Waals surface area contributed by atoms with Crippen LogP contribution in [-0.4, -0.2) is 4.98 Å². The van der Waals surface area contributed by atoms with Gasteiger partial charge in [0.25, 0.3) is 0 Å². The van der Waals surface area contributed by atoms with Gasteiger partial charge in [0.15, 0.2) is 0 Å². The van der Waals surface area contributed by atoms with E-state index in [0.717, 1.165) is 24.5 Å². The molecule has 1 saturated carbocycles. The minimum atomic E-state index is -0.500. The average molecular weight is 249 g/mol. The van der Waals surface area contributed by atoms with Crippen LogP contribution in [0.2, 0.25) is 0 Å². The van der Waals surface area contributed by atoms with Crippen LogP contribution in [0.1, 0.15) is 44.1 Å². The summed E-state index contributed by atoms with van der Waals surface area (Å²) in [5.41, 5.74) is 1.51. The summed E-state index contributed by atoms with van der Waals surface area (Å²) in [5, 5.41) is 0.714. The van der Waals surface area contributed by atoms with Gasteiger partial charge in [-0.2, -0.15) is 0 Å². The van der Waals surface area contributed by atoms with Crippen LogP contribution >= 0.6 is 0 Å². The number of aromatic nitrogens is 1. The summed E-state index contributed by atoms with van der Waals surface area (Å²) in [6, 6.07) is 2.38. The van der Waals surface area contributed by atoms with E-state index >= 15 is 0 Å². The maximum absolute atomic E-state index is 13.6. The van der Waals surface area contributed by atoms with Crippen LogP contribution in [0.4, 0.5) is 8.78 Å². The van der Waals surface area contributed by atoms with Gasteiger partial charge in [-0.1, -0.05) is 19.8 Å². The molecule has 1 N–H and O–H groups in total. The van der Waals surface area contributed by atoms with Crippen molar-refractivity contribution >= 4 is 10.9 Å². The van der Waals surface area contributed by atoms with Crippen molar-refractivity contribution in [2.24, 2.45) is 5.92 Å². The molecule has 1 aliphatic rings. The lowest BCUT2D eigenvalue weighted by Crippen LogP contribution is -2.11. The summed E-state index contributed by atoms with van der Waals surface area (Å²) in [7, 11) is 0. The van der Waals surface area contributed by atoms with Gasteiger partial charge in [0, 0.05) is 17.6 Å². The number of nitrogens with one attached hydrogen (secondary N) is 1. The summed E-state index contributed by atoms with van der Waals surface area (Å²) < 4.78 is 27.0. The van der Waals surface area contributed by atoms with E-state index in [2.05, 4.69) is 11.9 Å². The topological polar surface area (TPSA) is 15.8 Å². The maximum Gasteiger partial charge on any atom is 0.150 e. The molecule has 2 atom stereocenters. The number of aromatic amines is 1. The Kier molecular flexibility index (Phi) is 2.84. The Morgan fingerprint density at radius 1 is 1.22 bits per heavy atom. The SMILES string of the molecule is CC1CCCC(c2c[nH]c3c(F)cc(F)cc23)C1. The average Bonchev–Trinajstić information content (AvgIpc) is 2.72. The van der Waals surface area contributed by atoms with Gasteiger partial charge in [-0.05, 0) is 36.3 Å². The van der Waals surface area contributed by atoms with Crippen molar-refractivity contribution in [3.05, 3.63) is 35.5 Å². The Morgan fingerprint density at radius 2 is 2.06 bits per heavy atom. The molecule has 2 unspecified atom stereocenters. The lowest BCUT2D eigenvalue weighted by molar-refractivity contribution is 0.345. The monoisotopic (exact) mass is 249 g/mol. The summed E-state index contributed by atoms with van der Waals surface area (Å²) in [6.45, 7) is 2.25. The second-order valence-corrected chi connectivity index (χ2v) is 5.52. The molecule has 1 aromatic heterocycles. The molecule has 2 aromatic rings. The van der Waals surface area contributed by atoms with Gasteiger partial charge in [-0.15, -0.1) is 0 Å². The van der Waals surface area contributed by atoms with Crippen molar-refractivity contribution in [3.8, 4) is 0 Å². The van der Waals surface area contributed by atoms with Crippen LogP contribution in [0.25, 0.3) is 10.9 Å². The predicted octanol–water partition coefficient (Wildman–Crippen LogP) is 4.74. The second kappa shape index (κ2) is 4.38. The van der Waals surface area contributed by atoms with E-state index < -0.39 is 11.6 Å². The van der Waals surface area contributed by atoms with Crippen LogP contribution in [0.15, 0.2) is 18.3 Å². The molecule has 3 heteroatoms. The fourth-order valence-electron chi connectivity index (χ4n) is 3.23. The highest BCUT2D eigenvalue weighted by Gasteiger charge is 2.23. The first-order valence-electron chi connectivity index (χ1n) is 6.61. The summed E-state index contributed by atoms with van der Waals surface area (Å²) in [4.78, 5) is 2.95. The van der Waals surface area contributed by atoms with Crippen LogP contribution in [-0.2, 0) is 0 Å². The van der Waals surface area contributed by atoms with Crippen LogP contribution in [0, 0.1) is 17.6 Å². The van der Waals surface area contributed by atoms with Gasteiger partial charge in [-0.3, -0.25) is 0 Å². The number of hydrogen-bond acceptors (Lipinski definition) is 0. The molecule has 1 fully saturated rings. The Labute approximate surface area is 105 Å². The van der Waals surface area contributed by atoms with Crippen LogP contribution < -0.4 is 0 Å². The number of H-pyrrole nitrogens is 1. The minimum Gasteiger partial charge on any atom is -0.359 e. The molecule has 0 spiro atoms. The molecule has 0 bridgehead atoms. The van der Waals surface area contributed by atoms with Gasteiger partial charge >= 0.3 is 0 Å². The third kappa shape index (κ3) is 1.92. The van der Waals surface area contributed by atoms with E-state index in [9.17, 15) is 8.78 Å². The molecule has 0 saturated heterocycles. The van der Waals surface area contributed by atoms with E-state index in [1.54, 1.807) is 0 Å². The molecule has 0 amide bonds. The molecule has 0 aliphatic heterocycles. The van der Waals surface area contributed by atoms with E-state index in [4.69, 9.17) is 0 Å². The number of hydrogen-bond donors (Lipinski definition) is 1. The van der Waals surface area contributed by atoms with Gasteiger partial charge in [0.2, 0.25) is 0 Å². The molecule has 3 rings (SSSR count). The molecule has 1 aromatic carbocycles. The zero-order chi connectivity index (χ0) is 12.7. The van der Waals surface area contributed by atoms with Crippen molar-refractivity contribution in [1.82, 2.24) is 4.98 Å². The third-order valence-electron chi connectivity index (χ3n) is 4.11. The molecular weight excluding hydrogens is 232 g/mol. The normalized spacial score (nSPS) is 24.6. The van der Waals surface area contributed by atoms with Crippen molar-refractivity contribution in [1.29, 1.82) is 0 Å². The third-order valence-corrected chi connectivity index (χ3v) is 4.11. The van der Waals surface area contributed by atoms with E-state index in [1.807, 2.05) is 6.20 Å². The van der Waals surface area contributed by atoms with Gasteiger partial charge < -0.3 is 4.98 Å². The standard InChI is InChI=1S/C15H17F2N/c1-9-3-2-4-10(5-9)13-8-18-15-12(13)6-11(16)7-14(15)17/h6-10,18H,2-5H2,1H3. The van der Waals surface area contributed by atoms with Crippen molar-refractivity contribution in [2.45, 2.75) is 38.5 Å². The quantitative estimate of drug-likeness (QED) is 0.751. The molecule has 96 valence electrons. The Balaban J connectivity index is 2.06. The Hall–Kier alpha value is -1.38. The first kappa shape index (κ1) is 11.7. The number of halogens is 2. The Bertz CT molecular complexity index is 573. The van der Waals surface area contributed by atoms with E-state index in [1.165, 1.54) is 18.9 Å². The lowest BCUT2D eigenvalue weighted by atomic mass is 9.79. The summed E-state index contributed by atoms with van der Waals surface area (Å²) >= 11 is 0. The highest BCUT2D eigenvalue weighted by atomic mass is 19.1. The summed E-state index contributed by atoms with van der Waals surface area (Å²) in [6.07, 6.45) is 6.56. The van der Waals surface area contributed by atoms with Crippen LogP contribution in [0.5, 0.6) is 0 Å². The smallest absolute Gasteiger partial charge is 0.150 e.